The van der Waals surface area contributed by atoms with E-state index in [0.717, 1.165) is 12.8 Å². The first-order valence-electron chi connectivity index (χ1n) is 5.83. The minimum absolute atomic E-state index is 0.0655. The lowest BCUT2D eigenvalue weighted by molar-refractivity contribution is -0.118. The van der Waals surface area contributed by atoms with Gasteiger partial charge in [-0.05, 0) is 18.8 Å². The summed E-state index contributed by atoms with van der Waals surface area (Å²) in [6.07, 6.45) is 1.74. The van der Waals surface area contributed by atoms with Gasteiger partial charge in [0.1, 0.15) is 5.75 Å². The van der Waals surface area contributed by atoms with Gasteiger partial charge in [-0.2, -0.15) is 0 Å². The van der Waals surface area contributed by atoms with Gasteiger partial charge in [-0.1, -0.05) is 20.8 Å². The zero-order valence-electron chi connectivity index (χ0n) is 10.5. The van der Waals surface area contributed by atoms with Crippen molar-refractivity contribution < 1.29 is 9.00 Å². The Morgan fingerprint density at radius 2 is 2.06 bits per heavy atom. The fraction of sp³-hybridized carbons (Fsp3) is 0.909. The van der Waals surface area contributed by atoms with Crippen molar-refractivity contribution in [2.75, 3.05) is 18.1 Å². The Bertz CT molecular complexity index is 232. The molecule has 0 aromatic carbocycles. The van der Waals surface area contributed by atoms with Crippen molar-refractivity contribution in [1.82, 2.24) is 5.32 Å². The maximum atomic E-state index is 11.5. The predicted octanol–water partition coefficient (Wildman–Crippen LogP) is 0.635. The molecule has 0 aliphatic rings. The lowest BCUT2D eigenvalue weighted by atomic mass is 10.1. The van der Waals surface area contributed by atoms with E-state index >= 15 is 0 Å². The van der Waals surface area contributed by atoms with Crippen LogP contribution < -0.4 is 11.1 Å². The van der Waals surface area contributed by atoms with Crippen molar-refractivity contribution in [3.05, 3.63) is 0 Å². The molecule has 1 amide bonds. The van der Waals surface area contributed by atoms with Crippen molar-refractivity contribution in [3.8, 4) is 0 Å². The zero-order valence-corrected chi connectivity index (χ0v) is 11.3. The number of carbonyl (C=O) groups is 1. The van der Waals surface area contributed by atoms with Gasteiger partial charge in [-0.15, -0.1) is 0 Å². The van der Waals surface area contributed by atoms with Crippen LogP contribution in [-0.4, -0.2) is 34.2 Å². The highest BCUT2D eigenvalue weighted by molar-refractivity contribution is 7.85. The molecule has 0 saturated carbocycles. The average molecular weight is 248 g/mol. The van der Waals surface area contributed by atoms with Crippen LogP contribution >= 0.6 is 0 Å². The van der Waals surface area contributed by atoms with Gasteiger partial charge >= 0.3 is 0 Å². The number of hydrogen-bond donors (Lipinski definition) is 2. The van der Waals surface area contributed by atoms with Crippen LogP contribution in [0, 0.1) is 5.92 Å². The minimum atomic E-state index is -1.13. The average Bonchev–Trinajstić information content (AvgIpc) is 2.16. The number of hydrogen-bond acceptors (Lipinski definition) is 3. The van der Waals surface area contributed by atoms with E-state index in [1.807, 2.05) is 6.92 Å². The van der Waals surface area contributed by atoms with E-state index in [9.17, 15) is 9.00 Å². The van der Waals surface area contributed by atoms with Gasteiger partial charge in [-0.25, -0.2) is 0 Å². The van der Waals surface area contributed by atoms with E-state index in [2.05, 4.69) is 19.2 Å². The van der Waals surface area contributed by atoms with Gasteiger partial charge in [0.25, 0.3) is 0 Å². The summed E-state index contributed by atoms with van der Waals surface area (Å²) in [5.74, 6) is 0.918. The number of nitrogens with one attached hydrogen (secondary N) is 1. The van der Waals surface area contributed by atoms with Gasteiger partial charge in [0.15, 0.2) is 0 Å². The molecule has 2 unspecified atom stereocenters. The fourth-order valence-electron chi connectivity index (χ4n) is 1.11. The van der Waals surface area contributed by atoms with Gasteiger partial charge in [0.05, 0.1) is 0 Å². The summed E-state index contributed by atoms with van der Waals surface area (Å²) in [5.41, 5.74) is 5.66. The maximum Gasteiger partial charge on any atom is 0.232 e. The molecule has 0 saturated heterocycles. The highest BCUT2D eigenvalue weighted by Gasteiger charge is 2.10. The van der Waals surface area contributed by atoms with E-state index in [4.69, 9.17) is 5.73 Å². The second-order valence-corrected chi connectivity index (χ2v) is 5.95. The van der Waals surface area contributed by atoms with Crippen LogP contribution in [0.1, 0.15) is 33.6 Å². The molecule has 16 heavy (non-hydrogen) atoms. The number of amides is 1. The fourth-order valence-corrected chi connectivity index (χ4v) is 2.34. The molecule has 3 N–H and O–H groups in total. The predicted molar refractivity (Wildman–Crippen MR) is 68.6 cm³/mol. The first-order chi connectivity index (χ1) is 7.45. The summed E-state index contributed by atoms with van der Waals surface area (Å²) in [5, 5.41) is 2.76. The van der Waals surface area contributed by atoms with Crippen molar-refractivity contribution in [1.29, 1.82) is 0 Å². The Kier molecular flexibility index (Phi) is 8.47. The molecule has 0 spiro atoms. The van der Waals surface area contributed by atoms with Crippen LogP contribution in [0.3, 0.4) is 0 Å². The lowest BCUT2D eigenvalue weighted by Crippen LogP contribution is -2.33. The van der Waals surface area contributed by atoms with E-state index in [-0.39, 0.29) is 17.7 Å². The van der Waals surface area contributed by atoms with Crippen LogP contribution in [0.4, 0.5) is 0 Å². The van der Waals surface area contributed by atoms with Crippen LogP contribution in [0.2, 0.25) is 0 Å². The third-order valence-corrected chi connectivity index (χ3v) is 3.64. The SMILES string of the molecule is CCC(N)CS(=O)CC(=O)NCCC(C)C. The summed E-state index contributed by atoms with van der Waals surface area (Å²) in [4.78, 5) is 11.4. The summed E-state index contributed by atoms with van der Waals surface area (Å²) in [7, 11) is -1.13. The normalized spacial score (nSPS) is 14.8. The van der Waals surface area contributed by atoms with E-state index in [1.54, 1.807) is 0 Å². The van der Waals surface area contributed by atoms with Gasteiger partial charge in [0.2, 0.25) is 5.91 Å². The summed E-state index contributed by atoms with van der Waals surface area (Å²) in [6, 6.07) is -0.0655. The monoisotopic (exact) mass is 248 g/mol. The highest BCUT2D eigenvalue weighted by Crippen LogP contribution is 1.96. The Morgan fingerprint density at radius 1 is 1.44 bits per heavy atom. The van der Waals surface area contributed by atoms with Crippen molar-refractivity contribution in [2.45, 2.75) is 39.7 Å². The quantitative estimate of drug-likeness (QED) is 0.662. The highest BCUT2D eigenvalue weighted by atomic mass is 32.2. The number of rotatable bonds is 8. The van der Waals surface area contributed by atoms with Gasteiger partial charge < -0.3 is 11.1 Å². The molecule has 0 radical (unpaired) electrons. The third-order valence-electron chi connectivity index (χ3n) is 2.26. The molecule has 0 bridgehead atoms. The number of nitrogens with two attached hydrogens (primary N) is 1. The maximum absolute atomic E-state index is 11.5. The Balaban J connectivity index is 3.66. The molecule has 96 valence electrons. The first kappa shape index (κ1) is 15.6. The number of carbonyl (C=O) groups excluding carboxylic acids is 1. The van der Waals surface area contributed by atoms with Crippen molar-refractivity contribution >= 4 is 16.7 Å². The first-order valence-corrected chi connectivity index (χ1v) is 7.31. The molecule has 0 heterocycles. The molecular weight excluding hydrogens is 224 g/mol. The summed E-state index contributed by atoms with van der Waals surface area (Å²) in [6.45, 7) is 6.81. The molecule has 0 aliphatic heterocycles. The van der Waals surface area contributed by atoms with Crippen LogP contribution in [0.25, 0.3) is 0 Å². The molecule has 0 rings (SSSR count). The second kappa shape index (κ2) is 8.70. The minimum Gasteiger partial charge on any atom is -0.355 e. The largest absolute Gasteiger partial charge is 0.355 e. The second-order valence-electron chi connectivity index (χ2n) is 4.45. The van der Waals surface area contributed by atoms with Crippen LogP contribution in [0.5, 0.6) is 0 Å². The van der Waals surface area contributed by atoms with E-state index in [1.165, 1.54) is 0 Å². The molecule has 4 nitrogen and oxygen atoms in total. The third kappa shape index (κ3) is 8.85. The Hall–Kier alpha value is -0.420. The molecule has 0 aromatic rings. The lowest BCUT2D eigenvalue weighted by Gasteiger charge is -2.09. The molecule has 0 aliphatic carbocycles. The van der Waals surface area contributed by atoms with E-state index < -0.39 is 10.8 Å². The van der Waals surface area contributed by atoms with Crippen LogP contribution in [-0.2, 0) is 15.6 Å². The van der Waals surface area contributed by atoms with E-state index in [0.29, 0.717) is 18.2 Å². The van der Waals surface area contributed by atoms with Crippen molar-refractivity contribution in [3.63, 3.8) is 0 Å². The molecular formula is C11H24N2O2S. The Morgan fingerprint density at radius 3 is 2.56 bits per heavy atom. The molecule has 0 aromatic heterocycles. The van der Waals surface area contributed by atoms with Crippen molar-refractivity contribution in [2.24, 2.45) is 11.7 Å². The van der Waals surface area contributed by atoms with Gasteiger partial charge in [-0.3, -0.25) is 9.00 Å². The standard InChI is InChI=1S/C11H24N2O2S/c1-4-10(12)7-16(15)8-11(14)13-6-5-9(2)3/h9-10H,4-8,12H2,1-3H3,(H,13,14). The molecule has 5 heteroatoms. The van der Waals surface area contributed by atoms with Crippen LogP contribution in [0.15, 0.2) is 0 Å². The molecule has 2 atom stereocenters. The molecule has 0 fully saturated rings. The summed E-state index contributed by atoms with van der Waals surface area (Å²) < 4.78 is 11.5. The zero-order chi connectivity index (χ0) is 12.6. The van der Waals surface area contributed by atoms with Gasteiger partial charge in [0, 0.05) is 29.1 Å². The topological polar surface area (TPSA) is 72.2 Å². The smallest absolute Gasteiger partial charge is 0.232 e. The Labute approximate surface area is 101 Å². The summed E-state index contributed by atoms with van der Waals surface area (Å²) >= 11 is 0.